The molecule has 2 aromatic rings. The van der Waals surface area contributed by atoms with Crippen molar-refractivity contribution in [2.45, 2.75) is 37.0 Å². The van der Waals surface area contributed by atoms with Gasteiger partial charge in [0.25, 0.3) is 0 Å². The lowest BCUT2D eigenvalue weighted by molar-refractivity contribution is -0.142. The first-order valence-electron chi connectivity index (χ1n) is 10.9. The number of aromatic amines is 1. The normalized spacial score (nSPS) is 14.5. The molecule has 0 saturated carbocycles. The summed E-state index contributed by atoms with van der Waals surface area (Å²) in [6.07, 6.45) is 3.95. The van der Waals surface area contributed by atoms with Crippen LogP contribution in [0.3, 0.4) is 0 Å². The number of fused-ring (bicyclic) bond motifs is 1. The van der Waals surface area contributed by atoms with Crippen molar-refractivity contribution in [3.63, 3.8) is 0 Å². The zero-order valence-electron chi connectivity index (χ0n) is 19.2. The Bertz CT molecular complexity index is 1030. The largest absolute Gasteiger partial charge is 0.480 e. The maximum Gasteiger partial charge on any atom is 0.326 e. The van der Waals surface area contributed by atoms with Gasteiger partial charge in [-0.2, -0.15) is 24.4 Å². The molecule has 1 aromatic heterocycles. The molecule has 0 radical (unpaired) electrons. The first-order chi connectivity index (χ1) is 16.7. The van der Waals surface area contributed by atoms with Gasteiger partial charge in [0.05, 0.1) is 12.6 Å². The number of aromatic nitrogens is 1. The van der Waals surface area contributed by atoms with Crippen molar-refractivity contribution < 1.29 is 29.4 Å². The topological polar surface area (TPSA) is 187 Å². The molecule has 0 bridgehead atoms. The number of carbonyl (C=O) groups is 4. The molecule has 0 spiro atoms. The van der Waals surface area contributed by atoms with Crippen molar-refractivity contribution in [2.75, 3.05) is 24.4 Å². The lowest BCUT2D eigenvalue weighted by atomic mass is 10.0. The Morgan fingerprint density at radius 1 is 1.06 bits per heavy atom. The number of carbonyl (C=O) groups excluding carboxylic acids is 3. The number of carboxylic acids is 1. The molecule has 0 saturated heterocycles. The molecule has 2 rings (SSSR count). The summed E-state index contributed by atoms with van der Waals surface area (Å²) in [4.78, 5) is 52.4. The summed E-state index contributed by atoms with van der Waals surface area (Å²) in [6, 6.07) is 2.68. The number of hydrogen-bond acceptors (Lipinski definition) is 8. The lowest BCUT2D eigenvalue weighted by Crippen LogP contribution is -2.58. The second-order valence-corrected chi connectivity index (χ2v) is 9.19. The summed E-state index contributed by atoms with van der Waals surface area (Å²) in [5.74, 6) is -2.86. The molecule has 1 aromatic carbocycles. The van der Waals surface area contributed by atoms with Crippen LogP contribution < -0.4 is 21.7 Å². The fourth-order valence-electron chi connectivity index (χ4n) is 3.31. The summed E-state index contributed by atoms with van der Waals surface area (Å²) < 4.78 is 0. The predicted molar refractivity (Wildman–Crippen MR) is 137 cm³/mol. The van der Waals surface area contributed by atoms with Crippen molar-refractivity contribution >= 4 is 59.0 Å². The van der Waals surface area contributed by atoms with Crippen molar-refractivity contribution in [1.29, 1.82) is 0 Å². The van der Waals surface area contributed by atoms with Crippen LogP contribution in [0.25, 0.3) is 10.9 Å². The first kappa shape index (κ1) is 28.5. The minimum absolute atomic E-state index is 0.0135. The van der Waals surface area contributed by atoms with Crippen LogP contribution in [-0.4, -0.2) is 87.4 Å². The Labute approximate surface area is 212 Å². The van der Waals surface area contributed by atoms with Gasteiger partial charge in [-0.3, -0.25) is 14.4 Å². The number of aliphatic hydroxyl groups is 1. The number of para-hydroxylation sites is 1. The number of thioether (sulfide) groups is 1. The molecule has 192 valence electrons. The van der Waals surface area contributed by atoms with E-state index in [0.717, 1.165) is 10.9 Å². The van der Waals surface area contributed by atoms with Gasteiger partial charge in [0.2, 0.25) is 17.7 Å². The van der Waals surface area contributed by atoms with Gasteiger partial charge in [-0.25, -0.2) is 4.79 Å². The van der Waals surface area contributed by atoms with Crippen LogP contribution in [0.4, 0.5) is 0 Å². The average Bonchev–Trinajstić information content (AvgIpc) is 3.26. The molecule has 0 aliphatic heterocycles. The maximum atomic E-state index is 12.7. The second kappa shape index (κ2) is 14.0. The molecule has 0 aliphatic rings. The summed E-state index contributed by atoms with van der Waals surface area (Å²) in [5, 5.41) is 27.3. The van der Waals surface area contributed by atoms with E-state index in [1.807, 2.05) is 30.5 Å². The Morgan fingerprint density at radius 3 is 2.31 bits per heavy atom. The summed E-state index contributed by atoms with van der Waals surface area (Å²) in [7, 11) is 0. The van der Waals surface area contributed by atoms with E-state index >= 15 is 0 Å². The number of rotatable bonds is 14. The lowest BCUT2D eigenvalue weighted by Gasteiger charge is -2.23. The van der Waals surface area contributed by atoms with Crippen molar-refractivity contribution in [2.24, 2.45) is 5.73 Å². The maximum absolute atomic E-state index is 12.7. The van der Waals surface area contributed by atoms with E-state index < -0.39 is 54.5 Å². The first-order valence-corrected chi connectivity index (χ1v) is 12.9. The molecule has 35 heavy (non-hydrogen) atoms. The fourth-order valence-corrected chi connectivity index (χ4v) is 4.05. The van der Waals surface area contributed by atoms with Gasteiger partial charge in [-0.1, -0.05) is 18.2 Å². The third kappa shape index (κ3) is 8.16. The van der Waals surface area contributed by atoms with E-state index in [1.54, 1.807) is 6.20 Å². The standard InChI is InChI=1S/C22H31N5O6S2/c1-35-7-6-14(23)19(29)27-18(11-34)21(31)26-17(10-28)20(30)25-16(22(32)33)8-12-9-24-15-5-3-2-4-13(12)15/h2-5,9,14,16-18,24,28,34H,6-8,10-11,23H2,1H3,(H,25,30)(H,26,31)(H,27,29)(H,32,33). The van der Waals surface area contributed by atoms with Gasteiger partial charge in [-0.15, -0.1) is 0 Å². The molecule has 1 heterocycles. The number of H-pyrrole nitrogens is 1. The number of benzene rings is 1. The highest BCUT2D eigenvalue weighted by atomic mass is 32.2. The smallest absolute Gasteiger partial charge is 0.326 e. The highest BCUT2D eigenvalue weighted by Crippen LogP contribution is 2.19. The number of aliphatic carboxylic acids is 1. The van der Waals surface area contributed by atoms with Crippen molar-refractivity contribution in [3.05, 3.63) is 36.0 Å². The van der Waals surface area contributed by atoms with Gasteiger partial charge in [0.15, 0.2) is 0 Å². The predicted octanol–water partition coefficient (Wildman–Crippen LogP) is -0.748. The molecule has 13 heteroatoms. The van der Waals surface area contributed by atoms with Crippen molar-refractivity contribution in [3.8, 4) is 0 Å². The zero-order chi connectivity index (χ0) is 26.0. The van der Waals surface area contributed by atoms with Gasteiger partial charge < -0.3 is 36.9 Å². The van der Waals surface area contributed by atoms with Crippen LogP contribution in [0.1, 0.15) is 12.0 Å². The van der Waals surface area contributed by atoms with Crippen molar-refractivity contribution in [1.82, 2.24) is 20.9 Å². The van der Waals surface area contributed by atoms with E-state index in [-0.39, 0.29) is 12.2 Å². The molecule has 0 aliphatic carbocycles. The second-order valence-electron chi connectivity index (χ2n) is 7.84. The number of nitrogens with one attached hydrogen (secondary N) is 4. The number of amides is 3. The van der Waals surface area contributed by atoms with E-state index in [9.17, 15) is 29.4 Å². The molecule has 4 unspecified atom stereocenters. The fraction of sp³-hybridized carbons (Fsp3) is 0.455. The molecule has 0 fully saturated rings. The minimum Gasteiger partial charge on any atom is -0.480 e. The number of nitrogens with two attached hydrogens (primary N) is 1. The Balaban J connectivity index is 2.01. The van der Waals surface area contributed by atoms with Crippen LogP contribution in [0.5, 0.6) is 0 Å². The van der Waals surface area contributed by atoms with Gasteiger partial charge in [0.1, 0.15) is 18.1 Å². The van der Waals surface area contributed by atoms with Crippen LogP contribution in [0, 0.1) is 0 Å². The highest BCUT2D eigenvalue weighted by Gasteiger charge is 2.30. The third-order valence-electron chi connectivity index (χ3n) is 5.31. The van der Waals surface area contributed by atoms with Crippen LogP contribution in [-0.2, 0) is 25.6 Å². The minimum atomic E-state index is -1.43. The summed E-state index contributed by atoms with van der Waals surface area (Å²) >= 11 is 5.60. The van der Waals surface area contributed by atoms with E-state index in [1.165, 1.54) is 11.8 Å². The number of thiol groups is 1. The number of carboxylic acid groups (broad SMARTS) is 1. The highest BCUT2D eigenvalue weighted by molar-refractivity contribution is 7.98. The Kier molecular flexibility index (Phi) is 11.4. The monoisotopic (exact) mass is 525 g/mol. The van der Waals surface area contributed by atoms with E-state index in [4.69, 9.17) is 5.73 Å². The molecule has 4 atom stereocenters. The van der Waals surface area contributed by atoms with Gasteiger partial charge in [-0.05, 0) is 30.1 Å². The third-order valence-corrected chi connectivity index (χ3v) is 6.32. The summed E-state index contributed by atoms with van der Waals surface area (Å²) in [6.45, 7) is -0.780. The van der Waals surface area contributed by atoms with E-state index in [2.05, 4.69) is 33.6 Å². The zero-order valence-corrected chi connectivity index (χ0v) is 20.9. The van der Waals surface area contributed by atoms with Gasteiger partial charge in [0, 0.05) is 29.3 Å². The Hall–Kier alpha value is -2.74. The average molecular weight is 526 g/mol. The van der Waals surface area contributed by atoms with Crippen LogP contribution in [0.2, 0.25) is 0 Å². The molecule has 11 nitrogen and oxygen atoms in total. The van der Waals surface area contributed by atoms with E-state index in [0.29, 0.717) is 17.7 Å². The molecular formula is C22H31N5O6S2. The number of aliphatic hydroxyl groups excluding tert-OH is 1. The van der Waals surface area contributed by atoms with Crippen LogP contribution >= 0.6 is 24.4 Å². The van der Waals surface area contributed by atoms with Crippen LogP contribution in [0.15, 0.2) is 30.5 Å². The quantitative estimate of drug-likeness (QED) is 0.148. The number of hydrogen-bond donors (Lipinski definition) is 8. The summed E-state index contributed by atoms with van der Waals surface area (Å²) in [5.41, 5.74) is 7.33. The SMILES string of the molecule is CSCCC(N)C(=O)NC(CS)C(=O)NC(CO)C(=O)NC(Cc1c[nH]c2ccccc12)C(=O)O. The molecule has 8 N–H and O–H groups in total. The van der Waals surface area contributed by atoms with Gasteiger partial charge >= 0.3 is 5.97 Å². The Morgan fingerprint density at radius 2 is 1.69 bits per heavy atom. The molecular weight excluding hydrogens is 494 g/mol. The molecule has 3 amide bonds.